The highest BCUT2D eigenvalue weighted by atomic mass is 16.5. The number of nitrogens with zero attached hydrogens (tertiary/aromatic N) is 1. The zero-order valence-corrected chi connectivity index (χ0v) is 10.6. The number of esters is 2. The van der Waals surface area contributed by atoms with Gasteiger partial charge in [0.25, 0.3) is 0 Å². The Hall–Kier alpha value is -1.91. The molecule has 0 N–H and O–H groups in total. The minimum absolute atomic E-state index is 0.191. The minimum atomic E-state index is -0.402. The standard InChI is InChI=1S/C13H17NO4/c1-3-18-12(15)6-4-5-11-8-7-10(9-14-11)13(16)17-2/h7-9H,3-6H2,1-2H3. The van der Waals surface area contributed by atoms with E-state index in [4.69, 9.17) is 4.74 Å². The Labute approximate surface area is 106 Å². The fourth-order valence-corrected chi connectivity index (χ4v) is 1.46. The van der Waals surface area contributed by atoms with Crippen molar-refractivity contribution in [3.63, 3.8) is 0 Å². The number of pyridine rings is 1. The summed E-state index contributed by atoms with van der Waals surface area (Å²) >= 11 is 0. The van der Waals surface area contributed by atoms with Gasteiger partial charge in [-0.1, -0.05) is 0 Å². The number of ether oxygens (including phenoxy) is 2. The summed E-state index contributed by atoms with van der Waals surface area (Å²) in [4.78, 5) is 26.4. The first kappa shape index (κ1) is 14.2. The number of methoxy groups -OCH3 is 1. The fourth-order valence-electron chi connectivity index (χ4n) is 1.46. The van der Waals surface area contributed by atoms with Crippen molar-refractivity contribution in [2.24, 2.45) is 0 Å². The maximum absolute atomic E-state index is 11.2. The van der Waals surface area contributed by atoms with E-state index in [0.717, 1.165) is 5.69 Å². The quantitative estimate of drug-likeness (QED) is 0.721. The maximum atomic E-state index is 11.2. The van der Waals surface area contributed by atoms with Crippen molar-refractivity contribution >= 4 is 11.9 Å². The SMILES string of the molecule is CCOC(=O)CCCc1ccc(C(=O)OC)cn1. The predicted octanol–water partition coefficient (Wildman–Crippen LogP) is 1.75. The van der Waals surface area contributed by atoms with Crippen LogP contribution in [0.25, 0.3) is 0 Å². The molecule has 0 radical (unpaired) electrons. The molecule has 0 saturated carbocycles. The van der Waals surface area contributed by atoms with E-state index in [9.17, 15) is 9.59 Å². The predicted molar refractivity (Wildman–Crippen MR) is 65.1 cm³/mol. The second-order valence-electron chi connectivity index (χ2n) is 3.69. The van der Waals surface area contributed by atoms with Gasteiger partial charge in [0.15, 0.2) is 0 Å². The molecular formula is C13H17NO4. The third-order valence-electron chi connectivity index (χ3n) is 2.36. The van der Waals surface area contributed by atoms with Crippen LogP contribution in [0, 0.1) is 0 Å². The number of rotatable bonds is 6. The average molecular weight is 251 g/mol. The van der Waals surface area contributed by atoms with Gasteiger partial charge in [-0.15, -0.1) is 0 Å². The zero-order valence-electron chi connectivity index (χ0n) is 10.6. The van der Waals surface area contributed by atoms with Crippen LogP contribution in [0.1, 0.15) is 35.8 Å². The zero-order chi connectivity index (χ0) is 13.4. The van der Waals surface area contributed by atoms with Gasteiger partial charge in [0.1, 0.15) is 0 Å². The lowest BCUT2D eigenvalue weighted by Gasteiger charge is -2.03. The molecule has 1 aromatic rings. The molecule has 0 spiro atoms. The lowest BCUT2D eigenvalue weighted by molar-refractivity contribution is -0.143. The maximum Gasteiger partial charge on any atom is 0.339 e. The minimum Gasteiger partial charge on any atom is -0.466 e. The molecule has 0 amide bonds. The summed E-state index contributed by atoms with van der Waals surface area (Å²) in [5.74, 6) is -0.593. The summed E-state index contributed by atoms with van der Waals surface area (Å²) in [5, 5.41) is 0. The van der Waals surface area contributed by atoms with Gasteiger partial charge in [-0.25, -0.2) is 4.79 Å². The van der Waals surface area contributed by atoms with Crippen LogP contribution < -0.4 is 0 Å². The first-order chi connectivity index (χ1) is 8.67. The molecule has 0 fully saturated rings. The van der Waals surface area contributed by atoms with Gasteiger partial charge in [0, 0.05) is 18.3 Å². The number of carbonyl (C=O) groups excluding carboxylic acids is 2. The molecule has 0 saturated heterocycles. The average Bonchev–Trinajstić information content (AvgIpc) is 2.39. The smallest absolute Gasteiger partial charge is 0.339 e. The van der Waals surface area contributed by atoms with E-state index >= 15 is 0 Å². The van der Waals surface area contributed by atoms with Gasteiger partial charge in [0.05, 0.1) is 19.3 Å². The number of carbonyl (C=O) groups is 2. The van der Waals surface area contributed by atoms with E-state index in [2.05, 4.69) is 9.72 Å². The van der Waals surface area contributed by atoms with E-state index in [-0.39, 0.29) is 5.97 Å². The van der Waals surface area contributed by atoms with Crippen molar-refractivity contribution in [2.75, 3.05) is 13.7 Å². The molecule has 1 rings (SSSR count). The van der Waals surface area contributed by atoms with Gasteiger partial charge >= 0.3 is 11.9 Å². The first-order valence-electron chi connectivity index (χ1n) is 5.86. The molecule has 1 aromatic heterocycles. The monoisotopic (exact) mass is 251 g/mol. The van der Waals surface area contributed by atoms with Gasteiger partial charge < -0.3 is 9.47 Å². The van der Waals surface area contributed by atoms with Crippen LogP contribution in [0.5, 0.6) is 0 Å². The Kier molecular flexibility index (Phi) is 5.84. The largest absolute Gasteiger partial charge is 0.466 e. The van der Waals surface area contributed by atoms with E-state index in [1.807, 2.05) is 0 Å². The van der Waals surface area contributed by atoms with Crippen LogP contribution in [0.3, 0.4) is 0 Å². The number of aryl methyl sites for hydroxylation is 1. The summed E-state index contributed by atoms with van der Waals surface area (Å²) in [6.07, 6.45) is 3.23. The summed E-state index contributed by atoms with van der Waals surface area (Å²) in [5.41, 5.74) is 1.26. The van der Waals surface area contributed by atoms with E-state index in [1.165, 1.54) is 13.3 Å². The van der Waals surface area contributed by atoms with Crippen LogP contribution in [-0.2, 0) is 20.7 Å². The van der Waals surface area contributed by atoms with Gasteiger partial charge in [-0.3, -0.25) is 9.78 Å². The molecule has 1 heterocycles. The van der Waals surface area contributed by atoms with E-state index < -0.39 is 5.97 Å². The number of hydrogen-bond acceptors (Lipinski definition) is 5. The molecule has 0 aliphatic carbocycles. The number of hydrogen-bond donors (Lipinski definition) is 0. The molecule has 0 atom stereocenters. The van der Waals surface area contributed by atoms with Crippen LogP contribution in [0.4, 0.5) is 0 Å². The van der Waals surface area contributed by atoms with Crippen LogP contribution in [-0.4, -0.2) is 30.6 Å². The van der Waals surface area contributed by atoms with Crippen molar-refractivity contribution < 1.29 is 19.1 Å². The fraction of sp³-hybridized carbons (Fsp3) is 0.462. The molecule has 5 nitrogen and oxygen atoms in total. The van der Waals surface area contributed by atoms with Gasteiger partial charge in [-0.2, -0.15) is 0 Å². The Morgan fingerprint density at radius 3 is 2.67 bits per heavy atom. The Morgan fingerprint density at radius 2 is 2.11 bits per heavy atom. The summed E-state index contributed by atoms with van der Waals surface area (Å²) < 4.78 is 9.40. The van der Waals surface area contributed by atoms with Crippen molar-refractivity contribution in [3.05, 3.63) is 29.6 Å². The highest BCUT2D eigenvalue weighted by molar-refractivity contribution is 5.88. The third-order valence-corrected chi connectivity index (χ3v) is 2.36. The molecule has 98 valence electrons. The highest BCUT2D eigenvalue weighted by Crippen LogP contribution is 2.06. The Balaban J connectivity index is 2.40. The van der Waals surface area contributed by atoms with Crippen LogP contribution >= 0.6 is 0 Å². The molecule has 0 bridgehead atoms. The van der Waals surface area contributed by atoms with Gasteiger partial charge in [-0.05, 0) is 31.9 Å². The molecule has 0 aliphatic rings. The lowest BCUT2D eigenvalue weighted by atomic mass is 10.1. The first-order valence-corrected chi connectivity index (χ1v) is 5.86. The van der Waals surface area contributed by atoms with Crippen LogP contribution in [0.2, 0.25) is 0 Å². The van der Waals surface area contributed by atoms with Crippen molar-refractivity contribution in [3.8, 4) is 0 Å². The molecule has 0 aromatic carbocycles. The molecule has 0 aliphatic heterocycles. The van der Waals surface area contributed by atoms with Crippen LogP contribution in [0.15, 0.2) is 18.3 Å². The highest BCUT2D eigenvalue weighted by Gasteiger charge is 2.06. The second-order valence-corrected chi connectivity index (χ2v) is 3.69. The van der Waals surface area contributed by atoms with Crippen molar-refractivity contribution in [1.29, 1.82) is 0 Å². The normalized spacial score (nSPS) is 9.89. The Bertz CT molecular complexity index is 400. The molecule has 18 heavy (non-hydrogen) atoms. The molecule has 5 heteroatoms. The van der Waals surface area contributed by atoms with Crippen molar-refractivity contribution in [2.45, 2.75) is 26.2 Å². The Morgan fingerprint density at radius 1 is 1.33 bits per heavy atom. The van der Waals surface area contributed by atoms with E-state index in [0.29, 0.717) is 31.4 Å². The number of aromatic nitrogens is 1. The lowest BCUT2D eigenvalue weighted by Crippen LogP contribution is -2.05. The topological polar surface area (TPSA) is 65.5 Å². The molecule has 0 unspecified atom stereocenters. The summed E-state index contributed by atoms with van der Waals surface area (Å²) in [6.45, 7) is 2.19. The summed E-state index contributed by atoms with van der Waals surface area (Å²) in [7, 11) is 1.33. The van der Waals surface area contributed by atoms with Crippen molar-refractivity contribution in [1.82, 2.24) is 4.98 Å². The summed E-state index contributed by atoms with van der Waals surface area (Å²) in [6, 6.07) is 3.43. The third kappa shape index (κ3) is 4.53. The second kappa shape index (κ2) is 7.42. The van der Waals surface area contributed by atoms with E-state index in [1.54, 1.807) is 19.1 Å². The molecular weight excluding hydrogens is 234 g/mol. The van der Waals surface area contributed by atoms with Gasteiger partial charge in [0.2, 0.25) is 0 Å².